The van der Waals surface area contributed by atoms with Crippen molar-refractivity contribution in [1.29, 1.82) is 5.26 Å². The fraction of sp³-hybridized carbons (Fsp3) is 0.250. The average molecular weight is 282 g/mol. The van der Waals surface area contributed by atoms with Crippen LogP contribution in [0.15, 0.2) is 24.3 Å². The number of carbonyl (C=O) groups excluding carboxylic acids is 1. The number of nitrogens with two attached hydrogens (primary N) is 1. The van der Waals surface area contributed by atoms with Crippen molar-refractivity contribution in [2.45, 2.75) is 20.4 Å². The van der Waals surface area contributed by atoms with Crippen LogP contribution < -0.4 is 11.1 Å². The van der Waals surface area contributed by atoms with Gasteiger partial charge in [0.15, 0.2) is 0 Å². The first-order chi connectivity index (χ1) is 9.95. The van der Waals surface area contributed by atoms with E-state index in [0.29, 0.717) is 17.8 Å². The Labute approximate surface area is 124 Å². The zero-order valence-electron chi connectivity index (χ0n) is 12.4. The number of hydrogen-bond acceptors (Lipinski definition) is 3. The third-order valence-electron chi connectivity index (χ3n) is 3.82. The molecule has 0 aliphatic rings. The summed E-state index contributed by atoms with van der Waals surface area (Å²) in [5, 5.41) is 12.3. The second-order valence-corrected chi connectivity index (χ2v) is 5.01. The summed E-state index contributed by atoms with van der Waals surface area (Å²) in [6.45, 7) is 4.43. The van der Waals surface area contributed by atoms with Gasteiger partial charge in [-0.1, -0.05) is 6.07 Å². The van der Waals surface area contributed by atoms with Crippen molar-refractivity contribution >= 4 is 11.6 Å². The molecular weight excluding hydrogens is 264 g/mol. The van der Waals surface area contributed by atoms with Gasteiger partial charge in [-0.15, -0.1) is 0 Å². The lowest BCUT2D eigenvalue weighted by Gasteiger charge is -2.12. The number of nitrogens with one attached hydrogen (secondary N) is 1. The maximum absolute atomic E-state index is 11.3. The van der Waals surface area contributed by atoms with E-state index < -0.39 is 5.91 Å². The van der Waals surface area contributed by atoms with Crippen molar-refractivity contribution in [3.8, 4) is 6.07 Å². The number of benzene rings is 1. The second kappa shape index (κ2) is 5.71. The largest absolute Gasteiger partial charge is 0.381 e. The summed E-state index contributed by atoms with van der Waals surface area (Å²) in [7, 11) is 1.87. The number of carbonyl (C=O) groups is 1. The number of amides is 1. The van der Waals surface area contributed by atoms with Gasteiger partial charge in [-0.25, -0.2) is 0 Å². The van der Waals surface area contributed by atoms with Gasteiger partial charge in [0, 0.05) is 30.5 Å². The Morgan fingerprint density at radius 2 is 2.14 bits per heavy atom. The number of rotatable bonds is 4. The number of primary amides is 1. The third kappa shape index (κ3) is 2.75. The van der Waals surface area contributed by atoms with Crippen LogP contribution >= 0.6 is 0 Å². The molecule has 5 heteroatoms. The lowest BCUT2D eigenvalue weighted by atomic mass is 10.1. The number of aromatic nitrogens is 1. The summed E-state index contributed by atoms with van der Waals surface area (Å²) < 4.78 is 1.86. The highest BCUT2D eigenvalue weighted by Gasteiger charge is 2.11. The van der Waals surface area contributed by atoms with Gasteiger partial charge in [0.1, 0.15) is 11.8 Å². The van der Waals surface area contributed by atoms with Crippen LogP contribution in [0.5, 0.6) is 0 Å². The molecule has 0 fully saturated rings. The minimum atomic E-state index is -0.432. The Kier molecular flexibility index (Phi) is 3.99. The summed E-state index contributed by atoms with van der Waals surface area (Å²) in [6, 6.07) is 9.45. The normalized spacial score (nSPS) is 10.2. The molecule has 3 N–H and O–H groups in total. The maximum atomic E-state index is 11.3. The zero-order valence-corrected chi connectivity index (χ0v) is 12.4. The molecule has 1 heterocycles. The topological polar surface area (TPSA) is 83.8 Å². The SMILES string of the molecule is Cc1c(NCc2cc(C#N)n(C)c2C)cccc1C(N)=O. The van der Waals surface area contributed by atoms with Crippen molar-refractivity contribution in [3.05, 3.63) is 52.3 Å². The molecule has 108 valence electrons. The number of nitrogens with zero attached hydrogens (tertiary/aromatic N) is 2. The Morgan fingerprint density at radius 3 is 2.71 bits per heavy atom. The Balaban J connectivity index is 2.23. The van der Waals surface area contributed by atoms with E-state index in [1.165, 1.54) is 0 Å². The van der Waals surface area contributed by atoms with E-state index >= 15 is 0 Å². The van der Waals surface area contributed by atoms with Gasteiger partial charge in [-0.3, -0.25) is 4.79 Å². The second-order valence-electron chi connectivity index (χ2n) is 5.01. The van der Waals surface area contributed by atoms with Gasteiger partial charge in [-0.05, 0) is 43.2 Å². The molecule has 21 heavy (non-hydrogen) atoms. The van der Waals surface area contributed by atoms with Crippen LogP contribution in [0.25, 0.3) is 0 Å². The van der Waals surface area contributed by atoms with E-state index in [1.807, 2.05) is 37.6 Å². The molecular formula is C16H18N4O. The quantitative estimate of drug-likeness (QED) is 0.901. The zero-order chi connectivity index (χ0) is 15.6. The average Bonchev–Trinajstić information content (AvgIpc) is 2.73. The molecule has 5 nitrogen and oxygen atoms in total. The summed E-state index contributed by atoms with van der Waals surface area (Å²) in [5.74, 6) is -0.432. The molecule has 2 rings (SSSR count). The smallest absolute Gasteiger partial charge is 0.249 e. The van der Waals surface area contributed by atoms with Crippen molar-refractivity contribution in [1.82, 2.24) is 4.57 Å². The molecule has 0 spiro atoms. The number of nitriles is 1. The molecule has 1 aromatic heterocycles. The number of hydrogen-bond donors (Lipinski definition) is 2. The molecule has 1 amide bonds. The Morgan fingerprint density at radius 1 is 1.43 bits per heavy atom. The lowest BCUT2D eigenvalue weighted by Crippen LogP contribution is -2.14. The van der Waals surface area contributed by atoms with Crippen LogP contribution in [0, 0.1) is 25.2 Å². The van der Waals surface area contributed by atoms with E-state index in [0.717, 1.165) is 22.5 Å². The summed E-state index contributed by atoms with van der Waals surface area (Å²) >= 11 is 0. The van der Waals surface area contributed by atoms with Gasteiger partial charge < -0.3 is 15.6 Å². The maximum Gasteiger partial charge on any atom is 0.249 e. The molecule has 0 saturated carbocycles. The molecule has 0 unspecified atom stereocenters. The van der Waals surface area contributed by atoms with Crippen LogP contribution in [-0.4, -0.2) is 10.5 Å². The van der Waals surface area contributed by atoms with Crippen molar-refractivity contribution < 1.29 is 4.79 Å². The molecule has 0 atom stereocenters. The monoisotopic (exact) mass is 282 g/mol. The first kappa shape index (κ1) is 14.7. The van der Waals surface area contributed by atoms with E-state index in [9.17, 15) is 4.79 Å². The van der Waals surface area contributed by atoms with Gasteiger partial charge in [-0.2, -0.15) is 5.26 Å². The van der Waals surface area contributed by atoms with Crippen LogP contribution in [0.1, 0.15) is 32.9 Å². The Bertz CT molecular complexity index is 737. The highest BCUT2D eigenvalue weighted by atomic mass is 16.1. The minimum absolute atomic E-state index is 0.432. The fourth-order valence-corrected chi connectivity index (χ4v) is 2.33. The molecule has 0 bridgehead atoms. The van der Waals surface area contributed by atoms with E-state index in [1.54, 1.807) is 12.1 Å². The molecule has 2 aromatic rings. The Hall–Kier alpha value is -2.74. The first-order valence-corrected chi connectivity index (χ1v) is 6.64. The van der Waals surface area contributed by atoms with E-state index in [4.69, 9.17) is 11.0 Å². The number of anilines is 1. The van der Waals surface area contributed by atoms with Crippen molar-refractivity contribution in [2.24, 2.45) is 12.8 Å². The minimum Gasteiger partial charge on any atom is -0.381 e. The van der Waals surface area contributed by atoms with Gasteiger partial charge in [0.2, 0.25) is 5.91 Å². The highest BCUT2D eigenvalue weighted by Crippen LogP contribution is 2.21. The van der Waals surface area contributed by atoms with Crippen LogP contribution in [0.3, 0.4) is 0 Å². The van der Waals surface area contributed by atoms with E-state index in [-0.39, 0.29) is 0 Å². The molecule has 0 aliphatic carbocycles. The van der Waals surface area contributed by atoms with E-state index in [2.05, 4.69) is 11.4 Å². The molecule has 0 saturated heterocycles. The van der Waals surface area contributed by atoms with Gasteiger partial charge in [0.25, 0.3) is 0 Å². The van der Waals surface area contributed by atoms with Crippen molar-refractivity contribution in [3.63, 3.8) is 0 Å². The summed E-state index contributed by atoms with van der Waals surface area (Å²) in [6.07, 6.45) is 0. The van der Waals surface area contributed by atoms with Gasteiger partial charge in [0.05, 0.1) is 0 Å². The third-order valence-corrected chi connectivity index (χ3v) is 3.82. The summed E-state index contributed by atoms with van der Waals surface area (Å²) in [5.41, 5.74) is 10.3. The summed E-state index contributed by atoms with van der Waals surface area (Å²) in [4.78, 5) is 11.3. The van der Waals surface area contributed by atoms with Crippen LogP contribution in [-0.2, 0) is 13.6 Å². The van der Waals surface area contributed by atoms with Crippen LogP contribution in [0.4, 0.5) is 5.69 Å². The molecule has 0 aliphatic heterocycles. The lowest BCUT2D eigenvalue weighted by molar-refractivity contribution is 0.1000. The molecule has 0 radical (unpaired) electrons. The van der Waals surface area contributed by atoms with Crippen LogP contribution in [0.2, 0.25) is 0 Å². The molecule has 1 aromatic carbocycles. The predicted octanol–water partition coefficient (Wildman–Crippen LogP) is 2.22. The standard InChI is InChI=1S/C16H18N4O/c1-10-14(16(18)21)5-4-6-15(10)19-9-12-7-13(8-17)20(3)11(12)2/h4-7,19H,9H2,1-3H3,(H2,18,21). The van der Waals surface area contributed by atoms with Crippen molar-refractivity contribution in [2.75, 3.05) is 5.32 Å². The fourth-order valence-electron chi connectivity index (χ4n) is 2.33. The highest BCUT2D eigenvalue weighted by molar-refractivity contribution is 5.95. The first-order valence-electron chi connectivity index (χ1n) is 6.64. The van der Waals surface area contributed by atoms with Gasteiger partial charge >= 0.3 is 0 Å². The predicted molar refractivity (Wildman–Crippen MR) is 81.9 cm³/mol.